The summed E-state index contributed by atoms with van der Waals surface area (Å²) < 4.78 is 0. The van der Waals surface area contributed by atoms with Crippen LogP contribution < -0.4 is 5.32 Å². The highest BCUT2D eigenvalue weighted by molar-refractivity contribution is 4.66. The van der Waals surface area contributed by atoms with E-state index in [2.05, 4.69) is 19.2 Å². The van der Waals surface area contributed by atoms with E-state index in [0.29, 0.717) is 12.6 Å². The molecule has 0 radical (unpaired) electrons. The Kier molecular flexibility index (Phi) is 15.9. The van der Waals surface area contributed by atoms with Gasteiger partial charge in [0.1, 0.15) is 0 Å². The molecule has 1 unspecified atom stereocenters. The average molecular weight is 271 g/mol. The maximum absolute atomic E-state index is 9.04. The van der Waals surface area contributed by atoms with Crippen LogP contribution >= 0.6 is 0 Å². The van der Waals surface area contributed by atoms with Crippen molar-refractivity contribution in [1.82, 2.24) is 5.32 Å². The van der Waals surface area contributed by atoms with Crippen LogP contribution in [-0.4, -0.2) is 24.3 Å². The molecule has 2 nitrogen and oxygen atoms in total. The summed E-state index contributed by atoms with van der Waals surface area (Å²) in [6.07, 6.45) is 15.8. The largest absolute Gasteiger partial charge is 0.396 e. The van der Waals surface area contributed by atoms with Gasteiger partial charge < -0.3 is 10.4 Å². The maximum Gasteiger partial charge on any atom is 0.0445 e. The number of rotatable bonds is 15. The minimum Gasteiger partial charge on any atom is -0.396 e. The summed E-state index contributed by atoms with van der Waals surface area (Å²) in [5, 5.41) is 12.6. The second-order valence-electron chi connectivity index (χ2n) is 5.78. The molecule has 2 heteroatoms. The third-order valence-corrected chi connectivity index (χ3v) is 3.82. The molecule has 0 amide bonds. The van der Waals surface area contributed by atoms with Gasteiger partial charge in [-0.1, -0.05) is 71.6 Å². The van der Waals surface area contributed by atoms with Crippen molar-refractivity contribution in [3.8, 4) is 0 Å². The summed E-state index contributed by atoms with van der Waals surface area (Å²) in [5.74, 6) is 0. The summed E-state index contributed by atoms with van der Waals surface area (Å²) in [5.41, 5.74) is 0. The van der Waals surface area contributed by atoms with Gasteiger partial charge in [-0.2, -0.15) is 0 Å². The third kappa shape index (κ3) is 14.1. The van der Waals surface area contributed by atoms with Crippen LogP contribution in [0.3, 0.4) is 0 Å². The van der Waals surface area contributed by atoms with Gasteiger partial charge in [0.15, 0.2) is 0 Å². The van der Waals surface area contributed by atoms with Crippen LogP contribution in [0, 0.1) is 0 Å². The van der Waals surface area contributed by atoms with E-state index in [1.54, 1.807) is 0 Å². The smallest absolute Gasteiger partial charge is 0.0445 e. The zero-order valence-electron chi connectivity index (χ0n) is 13.4. The van der Waals surface area contributed by atoms with Gasteiger partial charge in [-0.15, -0.1) is 0 Å². The monoisotopic (exact) mass is 271 g/mol. The van der Waals surface area contributed by atoms with E-state index >= 15 is 0 Å². The van der Waals surface area contributed by atoms with E-state index in [4.69, 9.17) is 5.11 Å². The highest BCUT2D eigenvalue weighted by atomic mass is 16.3. The highest BCUT2D eigenvalue weighted by Crippen LogP contribution is 2.12. The summed E-state index contributed by atoms with van der Waals surface area (Å²) >= 11 is 0. The van der Waals surface area contributed by atoms with Crippen molar-refractivity contribution in [2.45, 2.75) is 96.9 Å². The molecular formula is C17H37NO. The second-order valence-corrected chi connectivity index (χ2v) is 5.78. The number of aliphatic hydroxyl groups is 1. The summed E-state index contributed by atoms with van der Waals surface area (Å²) in [6.45, 7) is 5.87. The predicted octanol–water partition coefficient (Wildman–Crippen LogP) is 4.66. The van der Waals surface area contributed by atoms with Crippen molar-refractivity contribution in [2.75, 3.05) is 13.2 Å². The van der Waals surface area contributed by atoms with Gasteiger partial charge >= 0.3 is 0 Å². The topological polar surface area (TPSA) is 32.3 Å². The van der Waals surface area contributed by atoms with Crippen molar-refractivity contribution >= 4 is 0 Å². The van der Waals surface area contributed by atoms with Crippen molar-refractivity contribution < 1.29 is 5.11 Å². The van der Waals surface area contributed by atoms with Crippen LogP contribution in [0.15, 0.2) is 0 Å². The van der Waals surface area contributed by atoms with Gasteiger partial charge in [0.05, 0.1) is 0 Å². The zero-order chi connectivity index (χ0) is 14.2. The van der Waals surface area contributed by atoms with Crippen molar-refractivity contribution in [1.29, 1.82) is 0 Å². The fourth-order valence-electron chi connectivity index (χ4n) is 2.55. The summed E-state index contributed by atoms with van der Waals surface area (Å²) in [7, 11) is 0. The molecule has 0 aromatic heterocycles. The summed E-state index contributed by atoms with van der Waals surface area (Å²) in [6, 6.07) is 0.537. The van der Waals surface area contributed by atoms with E-state index in [1.807, 2.05) is 0 Å². The number of hydrogen-bond acceptors (Lipinski definition) is 2. The molecule has 0 aliphatic heterocycles. The molecule has 19 heavy (non-hydrogen) atoms. The first-order valence-electron chi connectivity index (χ1n) is 8.69. The summed E-state index contributed by atoms with van der Waals surface area (Å²) in [4.78, 5) is 0. The Morgan fingerprint density at radius 3 is 1.84 bits per heavy atom. The molecule has 0 aliphatic carbocycles. The fraction of sp³-hybridized carbons (Fsp3) is 1.00. The van der Waals surface area contributed by atoms with Gasteiger partial charge in [-0.3, -0.25) is 0 Å². The van der Waals surface area contributed by atoms with Crippen LogP contribution in [0.4, 0.5) is 0 Å². The van der Waals surface area contributed by atoms with Gasteiger partial charge in [0.2, 0.25) is 0 Å². The highest BCUT2D eigenvalue weighted by Gasteiger charge is 2.06. The molecule has 1 atom stereocenters. The molecule has 0 aromatic rings. The van der Waals surface area contributed by atoms with E-state index in [1.165, 1.54) is 70.6 Å². The number of nitrogens with one attached hydrogen (secondary N) is 1. The van der Waals surface area contributed by atoms with Crippen LogP contribution in [0.1, 0.15) is 90.9 Å². The lowest BCUT2D eigenvalue weighted by Crippen LogP contribution is -2.30. The lowest BCUT2D eigenvalue weighted by Gasteiger charge is -2.17. The number of aliphatic hydroxyl groups excluding tert-OH is 1. The predicted molar refractivity (Wildman–Crippen MR) is 85.6 cm³/mol. The normalized spacial score (nSPS) is 12.8. The standard InChI is InChI=1S/C17H37NO/c1-3-5-6-7-8-9-10-11-12-13-17(14-16-19)18-15-4-2/h17-19H,3-16H2,1-2H3. The molecule has 0 aromatic carbocycles. The lowest BCUT2D eigenvalue weighted by atomic mass is 10.0. The molecule has 0 spiro atoms. The first-order valence-corrected chi connectivity index (χ1v) is 8.69. The zero-order valence-corrected chi connectivity index (χ0v) is 13.4. The molecule has 0 saturated heterocycles. The Hall–Kier alpha value is -0.0800. The SMILES string of the molecule is CCCCCCCCCCCC(CCO)NCCC. The Labute approximate surface area is 121 Å². The molecule has 0 aliphatic rings. The van der Waals surface area contributed by atoms with Crippen molar-refractivity contribution in [3.63, 3.8) is 0 Å². The van der Waals surface area contributed by atoms with Crippen molar-refractivity contribution in [3.05, 3.63) is 0 Å². The van der Waals surface area contributed by atoms with Crippen LogP contribution in [0.2, 0.25) is 0 Å². The average Bonchev–Trinajstić information content (AvgIpc) is 2.42. The molecule has 0 heterocycles. The molecule has 0 rings (SSSR count). The molecule has 0 saturated carbocycles. The van der Waals surface area contributed by atoms with Crippen LogP contribution in [0.5, 0.6) is 0 Å². The molecule has 0 bridgehead atoms. The van der Waals surface area contributed by atoms with E-state index in [9.17, 15) is 0 Å². The Balaban J connectivity index is 3.29. The van der Waals surface area contributed by atoms with E-state index in [0.717, 1.165) is 13.0 Å². The minimum absolute atomic E-state index is 0.318. The Morgan fingerprint density at radius 2 is 1.32 bits per heavy atom. The first kappa shape index (κ1) is 18.9. The molecule has 116 valence electrons. The Morgan fingerprint density at radius 1 is 0.737 bits per heavy atom. The van der Waals surface area contributed by atoms with E-state index < -0.39 is 0 Å². The lowest BCUT2D eigenvalue weighted by molar-refractivity contribution is 0.258. The third-order valence-electron chi connectivity index (χ3n) is 3.82. The van der Waals surface area contributed by atoms with Gasteiger partial charge in [0, 0.05) is 12.6 Å². The van der Waals surface area contributed by atoms with Gasteiger partial charge in [0.25, 0.3) is 0 Å². The first-order chi connectivity index (χ1) is 9.35. The molecular weight excluding hydrogens is 234 g/mol. The molecule has 2 N–H and O–H groups in total. The van der Waals surface area contributed by atoms with Crippen LogP contribution in [-0.2, 0) is 0 Å². The second kappa shape index (κ2) is 16.0. The molecule has 0 fully saturated rings. The maximum atomic E-state index is 9.04. The van der Waals surface area contributed by atoms with Crippen molar-refractivity contribution in [2.24, 2.45) is 0 Å². The Bertz CT molecular complexity index is 161. The fourth-order valence-corrected chi connectivity index (χ4v) is 2.55. The number of hydrogen-bond donors (Lipinski definition) is 2. The quantitative estimate of drug-likeness (QED) is 0.425. The van der Waals surface area contributed by atoms with E-state index in [-0.39, 0.29) is 0 Å². The van der Waals surface area contributed by atoms with Crippen LogP contribution in [0.25, 0.3) is 0 Å². The minimum atomic E-state index is 0.318. The van der Waals surface area contributed by atoms with Gasteiger partial charge in [-0.05, 0) is 25.8 Å². The number of unbranched alkanes of at least 4 members (excludes halogenated alkanes) is 8. The van der Waals surface area contributed by atoms with Gasteiger partial charge in [-0.25, -0.2) is 0 Å².